The van der Waals surface area contributed by atoms with Crippen LogP contribution in [0.3, 0.4) is 0 Å². The zero-order valence-electron chi connectivity index (χ0n) is 12.8. The van der Waals surface area contributed by atoms with E-state index in [2.05, 4.69) is 43.1 Å². The zero-order valence-corrected chi connectivity index (χ0v) is 13.6. The van der Waals surface area contributed by atoms with Crippen LogP contribution in [0.1, 0.15) is 45.2 Å². The lowest BCUT2D eigenvalue weighted by molar-refractivity contribution is 0.301. The van der Waals surface area contributed by atoms with Gasteiger partial charge in [-0.2, -0.15) is 0 Å². The van der Waals surface area contributed by atoms with Crippen LogP contribution in [0.25, 0.3) is 0 Å². The normalized spacial score (nSPS) is 12.4. The summed E-state index contributed by atoms with van der Waals surface area (Å²) in [5.74, 6) is 0. The first kappa shape index (κ1) is 17.3. The standard InChI is InChI=1S/C16H27ClN2O/c1-4-6-9-19(10-11-20)16-8-7-14(12-15(16)17)13(3)18-5-2/h7-8,12-13,18,20H,4-6,9-11H2,1-3H3. The molecule has 0 amide bonds. The number of nitrogens with one attached hydrogen (secondary N) is 1. The van der Waals surface area contributed by atoms with Crippen molar-refractivity contribution in [2.24, 2.45) is 0 Å². The van der Waals surface area contributed by atoms with E-state index < -0.39 is 0 Å². The number of hydrogen-bond acceptors (Lipinski definition) is 3. The molecule has 0 aliphatic rings. The Bertz CT molecular complexity index is 398. The van der Waals surface area contributed by atoms with E-state index in [1.807, 2.05) is 6.07 Å². The molecular formula is C16H27ClN2O. The largest absolute Gasteiger partial charge is 0.395 e. The van der Waals surface area contributed by atoms with Crippen molar-refractivity contribution in [1.82, 2.24) is 5.32 Å². The van der Waals surface area contributed by atoms with Crippen LogP contribution in [0.5, 0.6) is 0 Å². The Morgan fingerprint density at radius 2 is 2.05 bits per heavy atom. The zero-order chi connectivity index (χ0) is 15.0. The van der Waals surface area contributed by atoms with E-state index in [-0.39, 0.29) is 6.61 Å². The quantitative estimate of drug-likeness (QED) is 0.731. The minimum atomic E-state index is 0.148. The molecule has 0 spiro atoms. The summed E-state index contributed by atoms with van der Waals surface area (Å²) < 4.78 is 0. The number of unbranched alkanes of at least 4 members (excludes halogenated alkanes) is 1. The van der Waals surface area contributed by atoms with Gasteiger partial charge in [0.2, 0.25) is 0 Å². The first-order valence-corrected chi connectivity index (χ1v) is 7.90. The molecule has 0 fully saturated rings. The maximum atomic E-state index is 9.21. The predicted molar refractivity (Wildman–Crippen MR) is 87.8 cm³/mol. The molecule has 0 saturated heterocycles. The predicted octanol–water partition coefficient (Wildman–Crippen LogP) is 3.61. The maximum Gasteiger partial charge on any atom is 0.0642 e. The van der Waals surface area contributed by atoms with Crippen LogP contribution in [0.2, 0.25) is 5.02 Å². The van der Waals surface area contributed by atoms with Gasteiger partial charge >= 0.3 is 0 Å². The third-order valence-corrected chi connectivity index (χ3v) is 3.78. The summed E-state index contributed by atoms with van der Waals surface area (Å²) in [6.45, 7) is 9.04. The molecule has 1 atom stereocenters. The Hall–Kier alpha value is -0.770. The fourth-order valence-corrected chi connectivity index (χ4v) is 2.60. The first-order valence-electron chi connectivity index (χ1n) is 7.52. The SMILES string of the molecule is CCCCN(CCO)c1ccc(C(C)NCC)cc1Cl. The molecule has 4 heteroatoms. The number of nitrogens with zero attached hydrogens (tertiary/aromatic N) is 1. The molecule has 0 heterocycles. The van der Waals surface area contributed by atoms with E-state index in [1.165, 1.54) is 5.56 Å². The number of halogens is 1. The molecule has 0 radical (unpaired) electrons. The van der Waals surface area contributed by atoms with Crippen LogP contribution in [0, 0.1) is 0 Å². The summed E-state index contributed by atoms with van der Waals surface area (Å²) in [6.07, 6.45) is 2.24. The highest BCUT2D eigenvalue weighted by Gasteiger charge is 2.12. The van der Waals surface area contributed by atoms with Crippen molar-refractivity contribution in [2.75, 3.05) is 31.1 Å². The van der Waals surface area contributed by atoms with Crippen molar-refractivity contribution < 1.29 is 5.11 Å². The van der Waals surface area contributed by atoms with Crippen LogP contribution in [0.4, 0.5) is 5.69 Å². The highest BCUT2D eigenvalue weighted by Crippen LogP contribution is 2.29. The fourth-order valence-electron chi connectivity index (χ4n) is 2.30. The minimum absolute atomic E-state index is 0.148. The summed E-state index contributed by atoms with van der Waals surface area (Å²) in [6, 6.07) is 6.51. The Kier molecular flexibility index (Phi) is 7.97. The van der Waals surface area contributed by atoms with Gasteiger partial charge in [0.05, 0.1) is 17.3 Å². The number of benzene rings is 1. The number of rotatable bonds is 9. The van der Waals surface area contributed by atoms with Gasteiger partial charge in [-0.15, -0.1) is 0 Å². The van der Waals surface area contributed by atoms with E-state index >= 15 is 0 Å². The number of aliphatic hydroxyl groups excluding tert-OH is 1. The molecule has 0 aliphatic heterocycles. The lowest BCUT2D eigenvalue weighted by Gasteiger charge is -2.25. The second-order valence-electron chi connectivity index (χ2n) is 5.05. The van der Waals surface area contributed by atoms with Crippen LogP contribution in [-0.2, 0) is 0 Å². The van der Waals surface area contributed by atoms with Crippen molar-refractivity contribution in [2.45, 2.75) is 39.7 Å². The van der Waals surface area contributed by atoms with E-state index in [1.54, 1.807) is 0 Å². The number of hydrogen-bond donors (Lipinski definition) is 2. The Balaban J connectivity index is 2.88. The summed E-state index contributed by atoms with van der Waals surface area (Å²) in [4.78, 5) is 2.16. The first-order chi connectivity index (χ1) is 9.63. The summed E-state index contributed by atoms with van der Waals surface area (Å²) in [5, 5.41) is 13.4. The van der Waals surface area contributed by atoms with Crippen LogP contribution in [0.15, 0.2) is 18.2 Å². The number of anilines is 1. The molecule has 1 unspecified atom stereocenters. The second-order valence-corrected chi connectivity index (χ2v) is 5.46. The van der Waals surface area contributed by atoms with Gasteiger partial charge in [-0.25, -0.2) is 0 Å². The lowest BCUT2D eigenvalue weighted by Crippen LogP contribution is -2.28. The van der Waals surface area contributed by atoms with Crippen LogP contribution >= 0.6 is 11.6 Å². The molecule has 0 bridgehead atoms. The van der Waals surface area contributed by atoms with Crippen molar-refractivity contribution in [3.8, 4) is 0 Å². The second kappa shape index (κ2) is 9.22. The molecule has 0 aliphatic carbocycles. The monoisotopic (exact) mass is 298 g/mol. The van der Waals surface area contributed by atoms with E-state index in [0.29, 0.717) is 12.6 Å². The smallest absolute Gasteiger partial charge is 0.0642 e. The van der Waals surface area contributed by atoms with Gasteiger partial charge < -0.3 is 15.3 Å². The average Bonchev–Trinajstić information content (AvgIpc) is 2.44. The highest BCUT2D eigenvalue weighted by atomic mass is 35.5. The molecule has 1 rings (SSSR count). The molecule has 2 N–H and O–H groups in total. The molecule has 114 valence electrons. The molecule has 0 aromatic heterocycles. The van der Waals surface area contributed by atoms with Crippen molar-refractivity contribution in [3.05, 3.63) is 28.8 Å². The molecule has 20 heavy (non-hydrogen) atoms. The van der Waals surface area contributed by atoms with E-state index in [0.717, 1.165) is 36.6 Å². The highest BCUT2D eigenvalue weighted by molar-refractivity contribution is 6.33. The van der Waals surface area contributed by atoms with Gasteiger partial charge in [0.25, 0.3) is 0 Å². The van der Waals surface area contributed by atoms with Crippen molar-refractivity contribution in [3.63, 3.8) is 0 Å². The third kappa shape index (κ3) is 4.97. The average molecular weight is 299 g/mol. The van der Waals surface area contributed by atoms with Crippen LogP contribution < -0.4 is 10.2 Å². The third-order valence-electron chi connectivity index (χ3n) is 3.47. The van der Waals surface area contributed by atoms with Gasteiger partial charge in [0.1, 0.15) is 0 Å². The maximum absolute atomic E-state index is 9.21. The Labute approximate surface area is 127 Å². The fraction of sp³-hybridized carbons (Fsp3) is 0.625. The van der Waals surface area contributed by atoms with Gasteiger partial charge in [0.15, 0.2) is 0 Å². The van der Waals surface area contributed by atoms with Crippen molar-refractivity contribution in [1.29, 1.82) is 0 Å². The van der Waals surface area contributed by atoms with Gasteiger partial charge in [0, 0.05) is 19.1 Å². The summed E-state index contributed by atoms with van der Waals surface area (Å²) >= 11 is 6.43. The van der Waals surface area contributed by atoms with E-state index in [9.17, 15) is 5.11 Å². The Morgan fingerprint density at radius 1 is 1.30 bits per heavy atom. The number of aliphatic hydroxyl groups is 1. The summed E-state index contributed by atoms with van der Waals surface area (Å²) in [5.41, 5.74) is 2.21. The van der Waals surface area contributed by atoms with E-state index in [4.69, 9.17) is 11.6 Å². The molecule has 1 aromatic rings. The lowest BCUT2D eigenvalue weighted by atomic mass is 10.1. The molecule has 0 saturated carbocycles. The van der Waals surface area contributed by atoms with Crippen molar-refractivity contribution >= 4 is 17.3 Å². The minimum Gasteiger partial charge on any atom is -0.395 e. The summed E-state index contributed by atoms with van der Waals surface area (Å²) in [7, 11) is 0. The van der Waals surface area contributed by atoms with Gasteiger partial charge in [-0.1, -0.05) is 37.9 Å². The molecule has 1 aromatic carbocycles. The molecule has 3 nitrogen and oxygen atoms in total. The topological polar surface area (TPSA) is 35.5 Å². The Morgan fingerprint density at radius 3 is 2.60 bits per heavy atom. The van der Waals surface area contributed by atoms with Gasteiger partial charge in [-0.05, 0) is 37.6 Å². The van der Waals surface area contributed by atoms with Gasteiger partial charge in [-0.3, -0.25) is 0 Å². The molecular weight excluding hydrogens is 272 g/mol. The van der Waals surface area contributed by atoms with Crippen LogP contribution in [-0.4, -0.2) is 31.3 Å².